The lowest BCUT2D eigenvalue weighted by Crippen LogP contribution is -2.66. The lowest BCUT2D eigenvalue weighted by molar-refractivity contribution is -0.379. The van der Waals surface area contributed by atoms with Crippen LogP contribution in [0.4, 0.5) is 0 Å². The van der Waals surface area contributed by atoms with Crippen LogP contribution >= 0.6 is 0 Å². The Hall–Kier alpha value is -1.73. The summed E-state index contributed by atoms with van der Waals surface area (Å²) < 4.78 is 34.5. The van der Waals surface area contributed by atoms with Crippen molar-refractivity contribution in [3.63, 3.8) is 0 Å². The molecule has 19 heteroatoms. The lowest BCUT2D eigenvalue weighted by Gasteiger charge is -2.48. The summed E-state index contributed by atoms with van der Waals surface area (Å²) in [5, 5.41) is 121. The van der Waals surface area contributed by atoms with Gasteiger partial charge in [-0.1, -0.05) is 353 Å². The van der Waals surface area contributed by atoms with Gasteiger partial charge in [0.1, 0.15) is 73.2 Å². The van der Waals surface area contributed by atoms with Crippen LogP contribution in [0.25, 0.3) is 0 Å². The molecule has 0 aromatic carbocycles. The lowest BCUT2D eigenvalue weighted by atomic mass is 9.96. The predicted octanol–water partition coefficient (Wildman–Crippen LogP) is 14.9. The highest BCUT2D eigenvalue weighted by molar-refractivity contribution is 5.76. The molecule has 3 saturated heterocycles. The fourth-order valence-corrected chi connectivity index (χ4v) is 14.7. The minimum Gasteiger partial charge on any atom is -0.394 e. The van der Waals surface area contributed by atoms with Gasteiger partial charge in [0.05, 0.1) is 38.6 Å². The van der Waals surface area contributed by atoms with Crippen molar-refractivity contribution in [1.82, 2.24) is 5.32 Å². The van der Waals surface area contributed by atoms with E-state index in [9.17, 15) is 61.0 Å². The highest BCUT2D eigenvalue weighted by atomic mass is 16.8. The monoisotopic (exact) mass is 1460 g/mol. The normalized spacial score (nSPS) is 26.2. The van der Waals surface area contributed by atoms with E-state index in [2.05, 4.69) is 31.3 Å². The fourth-order valence-electron chi connectivity index (χ4n) is 14.7. The number of allylic oxidation sites excluding steroid dienone is 3. The van der Waals surface area contributed by atoms with E-state index in [1.54, 1.807) is 6.08 Å². The molecule has 3 heterocycles. The highest BCUT2D eigenvalue weighted by Gasteiger charge is 2.54. The molecule has 0 aromatic heterocycles. The number of hydrogen-bond acceptors (Lipinski definition) is 18. The van der Waals surface area contributed by atoms with Gasteiger partial charge in [-0.15, -0.1) is 0 Å². The van der Waals surface area contributed by atoms with Crippen molar-refractivity contribution in [1.29, 1.82) is 0 Å². The molecule has 1 amide bonds. The second kappa shape index (κ2) is 64.1. The van der Waals surface area contributed by atoms with Crippen molar-refractivity contribution >= 4 is 5.91 Å². The average molecular weight is 1460 g/mol. The molecule has 3 aliphatic rings. The molecular weight excluding hydrogens is 1300 g/mol. The molecule has 3 rings (SSSR count). The van der Waals surface area contributed by atoms with Gasteiger partial charge in [-0.3, -0.25) is 4.79 Å². The first-order valence-electron chi connectivity index (χ1n) is 42.6. The Kier molecular flexibility index (Phi) is 59.4. The summed E-state index contributed by atoms with van der Waals surface area (Å²) in [7, 11) is 0. The van der Waals surface area contributed by atoms with Gasteiger partial charge in [0.25, 0.3) is 0 Å². The largest absolute Gasteiger partial charge is 0.394 e. The molecule has 12 N–H and O–H groups in total. The maximum absolute atomic E-state index is 13.5. The molecule has 0 aromatic rings. The summed E-state index contributed by atoms with van der Waals surface area (Å²) in [6, 6.07) is -0.989. The van der Waals surface area contributed by atoms with E-state index in [1.165, 1.54) is 295 Å². The zero-order valence-corrected chi connectivity index (χ0v) is 64.6. The standard InChI is InChI=1S/C83H157NO18/c1-3-5-7-9-11-13-15-17-19-21-23-25-27-29-31-32-33-35-37-39-41-43-45-47-49-51-53-55-57-59-61-71(89)84-66(67(88)60-58-56-54-52-50-48-46-44-42-40-38-36-34-30-28-26-24-22-20-18-16-14-12-10-8-6-4-2)65-97-81-77(95)74(92)79(69(63-86)99-81)102-83-78(96)75(93)80(70(64-87)100-83)101-82-76(94)73(91)72(90)68(62-85)98-82/h50,52,58,60,66-70,72-83,85-88,90-96H,3-49,51,53-57,59,61-65H2,1-2H3,(H,84,89)/b52-50+,60-58+. The van der Waals surface area contributed by atoms with Crippen LogP contribution in [0.2, 0.25) is 0 Å². The van der Waals surface area contributed by atoms with Crippen molar-refractivity contribution in [2.75, 3.05) is 26.4 Å². The molecule has 3 aliphatic heterocycles. The van der Waals surface area contributed by atoms with Gasteiger partial charge in [0.2, 0.25) is 5.91 Å². The number of carbonyl (C=O) groups is 1. The van der Waals surface area contributed by atoms with Gasteiger partial charge in [-0.25, -0.2) is 0 Å². The van der Waals surface area contributed by atoms with Crippen LogP contribution in [0, 0.1) is 0 Å². The number of amides is 1. The van der Waals surface area contributed by atoms with Crippen LogP contribution in [0.15, 0.2) is 24.3 Å². The van der Waals surface area contributed by atoms with Crippen LogP contribution in [0.1, 0.15) is 367 Å². The Morgan fingerprint density at radius 2 is 0.627 bits per heavy atom. The zero-order valence-electron chi connectivity index (χ0n) is 64.6. The first-order valence-corrected chi connectivity index (χ1v) is 42.6. The minimum atomic E-state index is -1.98. The first-order chi connectivity index (χ1) is 49.8. The summed E-state index contributed by atoms with van der Waals surface area (Å²) in [6.45, 7) is 1.79. The number of aliphatic hydroxyl groups is 11. The van der Waals surface area contributed by atoms with Crippen molar-refractivity contribution < 1.29 is 89.4 Å². The van der Waals surface area contributed by atoms with Gasteiger partial charge >= 0.3 is 0 Å². The molecular formula is C83H157NO18. The first kappa shape index (κ1) is 94.5. The topological polar surface area (TPSA) is 307 Å². The summed E-state index contributed by atoms with van der Waals surface area (Å²) in [6.07, 6.45) is 51.9. The molecule has 19 nitrogen and oxygen atoms in total. The van der Waals surface area contributed by atoms with Crippen LogP contribution in [-0.4, -0.2) is 193 Å². The molecule has 0 saturated carbocycles. The van der Waals surface area contributed by atoms with E-state index >= 15 is 0 Å². The Morgan fingerprint density at radius 1 is 0.343 bits per heavy atom. The third-order valence-electron chi connectivity index (χ3n) is 21.5. The highest BCUT2D eigenvalue weighted by Crippen LogP contribution is 2.33. The van der Waals surface area contributed by atoms with E-state index in [0.717, 1.165) is 38.5 Å². The fraction of sp³-hybridized carbons (Fsp3) is 0.940. The zero-order chi connectivity index (χ0) is 73.9. The van der Waals surface area contributed by atoms with Gasteiger partial charge in [-0.05, 0) is 32.1 Å². The summed E-state index contributed by atoms with van der Waals surface area (Å²) in [5.74, 6) is -0.276. The van der Waals surface area contributed by atoms with Crippen LogP contribution in [0.5, 0.6) is 0 Å². The number of aliphatic hydroxyl groups excluding tert-OH is 11. The van der Waals surface area contributed by atoms with Gasteiger partial charge < -0.3 is 89.9 Å². The van der Waals surface area contributed by atoms with E-state index in [-0.39, 0.29) is 18.9 Å². The Bertz CT molecular complexity index is 1940. The second-order valence-corrected chi connectivity index (χ2v) is 30.6. The maximum Gasteiger partial charge on any atom is 0.220 e. The molecule has 0 spiro atoms. The number of unbranched alkanes of at least 4 members (excludes halogenated alkanes) is 51. The molecule has 602 valence electrons. The van der Waals surface area contributed by atoms with E-state index in [4.69, 9.17) is 28.4 Å². The van der Waals surface area contributed by atoms with E-state index in [1.807, 2.05) is 6.08 Å². The molecule has 102 heavy (non-hydrogen) atoms. The van der Waals surface area contributed by atoms with Crippen molar-refractivity contribution in [2.24, 2.45) is 0 Å². The minimum absolute atomic E-state index is 0.241. The molecule has 3 fully saturated rings. The molecule has 17 unspecified atom stereocenters. The van der Waals surface area contributed by atoms with Crippen LogP contribution in [0.3, 0.4) is 0 Å². The van der Waals surface area contributed by atoms with Gasteiger partial charge in [-0.2, -0.15) is 0 Å². The Balaban J connectivity index is 1.36. The van der Waals surface area contributed by atoms with E-state index < -0.39 is 124 Å². The van der Waals surface area contributed by atoms with Gasteiger partial charge in [0.15, 0.2) is 18.9 Å². The van der Waals surface area contributed by atoms with E-state index in [0.29, 0.717) is 12.8 Å². The second-order valence-electron chi connectivity index (χ2n) is 30.6. The summed E-state index contributed by atoms with van der Waals surface area (Å²) >= 11 is 0. The smallest absolute Gasteiger partial charge is 0.220 e. The van der Waals surface area contributed by atoms with Crippen LogP contribution < -0.4 is 5.32 Å². The SMILES string of the molecule is CCCCCCCCCCCCCCCCCCCCCCC/C=C/CC/C=C/C(O)C(COC1OC(CO)C(OC2OC(CO)C(OC3OC(CO)C(O)C(O)C3O)C(O)C2O)C(O)C1O)NC(=O)CCCCCCCCCCCCCCCCCCCCCCCCCCCCCCCC. The average Bonchev–Trinajstić information content (AvgIpc) is 0.775. The molecule has 0 aliphatic carbocycles. The third-order valence-corrected chi connectivity index (χ3v) is 21.5. The number of carbonyl (C=O) groups excluding carboxylic acids is 1. The Morgan fingerprint density at radius 3 is 0.980 bits per heavy atom. The molecule has 0 radical (unpaired) electrons. The third kappa shape index (κ3) is 43.5. The number of rotatable bonds is 69. The van der Waals surface area contributed by atoms with Crippen molar-refractivity contribution in [3.8, 4) is 0 Å². The number of nitrogens with one attached hydrogen (secondary N) is 1. The predicted molar refractivity (Wildman–Crippen MR) is 406 cm³/mol. The quantitative estimate of drug-likeness (QED) is 0.0199. The van der Waals surface area contributed by atoms with Crippen molar-refractivity contribution in [2.45, 2.75) is 471 Å². The summed E-state index contributed by atoms with van der Waals surface area (Å²) in [5.41, 5.74) is 0. The maximum atomic E-state index is 13.5. The molecule has 17 atom stereocenters. The van der Waals surface area contributed by atoms with Crippen molar-refractivity contribution in [3.05, 3.63) is 24.3 Å². The number of hydrogen-bond donors (Lipinski definition) is 12. The number of ether oxygens (including phenoxy) is 6. The molecule has 0 bridgehead atoms. The van der Waals surface area contributed by atoms with Gasteiger partial charge in [0, 0.05) is 6.42 Å². The summed E-state index contributed by atoms with van der Waals surface area (Å²) in [4.78, 5) is 13.5. The van der Waals surface area contributed by atoms with Crippen LogP contribution in [-0.2, 0) is 33.2 Å². The Labute approximate surface area is 619 Å².